The van der Waals surface area contributed by atoms with Crippen molar-refractivity contribution in [2.75, 3.05) is 24.7 Å². The maximum atomic E-state index is 13.1. The first kappa shape index (κ1) is 21.6. The number of carbonyl (C=O) groups excluding carboxylic acids is 2. The molecule has 164 valence electrons. The zero-order valence-corrected chi connectivity index (χ0v) is 19.8. The molecular formula is C21H32BrNO5S. The van der Waals surface area contributed by atoms with Crippen LogP contribution in [0.2, 0.25) is 0 Å². The highest BCUT2D eigenvalue weighted by Crippen LogP contribution is 2.64. The number of nitrogens with zero attached hydrogens (tertiary/aromatic N) is 1. The predicted octanol–water partition coefficient (Wildman–Crippen LogP) is 2.94. The number of sulfone groups is 1. The van der Waals surface area contributed by atoms with E-state index in [9.17, 15) is 18.0 Å². The Morgan fingerprint density at radius 2 is 1.83 bits per heavy atom. The van der Waals surface area contributed by atoms with E-state index in [4.69, 9.17) is 4.74 Å². The van der Waals surface area contributed by atoms with E-state index in [-0.39, 0.29) is 46.3 Å². The molecule has 5 rings (SSSR count). The largest absolute Gasteiger partial charge is 0.455 e. The summed E-state index contributed by atoms with van der Waals surface area (Å²) in [5, 5.41) is 0. The van der Waals surface area contributed by atoms with E-state index in [1.807, 2.05) is 13.8 Å². The third kappa shape index (κ3) is 4.39. The molecule has 6 nitrogen and oxygen atoms in total. The van der Waals surface area contributed by atoms with Crippen LogP contribution in [-0.2, 0) is 24.2 Å². The van der Waals surface area contributed by atoms with Gasteiger partial charge in [0.15, 0.2) is 16.4 Å². The van der Waals surface area contributed by atoms with Crippen molar-refractivity contribution in [3.05, 3.63) is 0 Å². The SMILES string of the molecule is CC(C)CN(C(=O)COC(=O)C12CC3CC(CC(Br)(C3)C1)C2)C1CCS(=O)(=O)C1. The van der Waals surface area contributed by atoms with E-state index in [0.29, 0.717) is 24.8 Å². The molecule has 5 fully saturated rings. The molecule has 4 bridgehead atoms. The van der Waals surface area contributed by atoms with Crippen LogP contribution in [-0.4, -0.2) is 60.2 Å². The lowest BCUT2D eigenvalue weighted by Gasteiger charge is -2.58. The Labute approximate surface area is 182 Å². The van der Waals surface area contributed by atoms with Crippen LogP contribution in [0, 0.1) is 23.2 Å². The maximum absolute atomic E-state index is 13.1. The van der Waals surface area contributed by atoms with Gasteiger partial charge in [0.05, 0.1) is 16.9 Å². The lowest BCUT2D eigenvalue weighted by atomic mass is 9.49. The lowest BCUT2D eigenvalue weighted by molar-refractivity contribution is -0.173. The lowest BCUT2D eigenvalue weighted by Crippen LogP contribution is -2.56. The molecule has 8 heteroatoms. The molecule has 29 heavy (non-hydrogen) atoms. The average molecular weight is 490 g/mol. The van der Waals surface area contributed by atoms with Gasteiger partial charge < -0.3 is 9.64 Å². The van der Waals surface area contributed by atoms with Gasteiger partial charge >= 0.3 is 5.97 Å². The highest BCUT2D eigenvalue weighted by atomic mass is 79.9. The second-order valence-corrected chi connectivity index (χ2v) is 14.4. The number of carbonyl (C=O) groups is 2. The molecule has 0 N–H and O–H groups in total. The summed E-state index contributed by atoms with van der Waals surface area (Å²) in [6, 6.07) is -0.307. The number of halogens is 1. The van der Waals surface area contributed by atoms with Gasteiger partial charge in [-0.05, 0) is 62.7 Å². The molecule has 3 atom stereocenters. The molecule has 3 unspecified atom stereocenters. The van der Waals surface area contributed by atoms with Crippen LogP contribution in [0.4, 0.5) is 0 Å². The first-order chi connectivity index (χ1) is 13.5. The third-order valence-electron chi connectivity index (χ3n) is 7.28. The Kier molecular flexibility index (Phi) is 5.59. The van der Waals surface area contributed by atoms with Gasteiger partial charge in [-0.25, -0.2) is 8.42 Å². The van der Waals surface area contributed by atoms with E-state index in [1.165, 1.54) is 6.42 Å². The van der Waals surface area contributed by atoms with Crippen molar-refractivity contribution < 1.29 is 22.7 Å². The molecular weight excluding hydrogens is 458 g/mol. The highest BCUT2D eigenvalue weighted by Gasteiger charge is 2.60. The average Bonchev–Trinajstić information content (AvgIpc) is 2.94. The quantitative estimate of drug-likeness (QED) is 0.423. The minimum Gasteiger partial charge on any atom is -0.455 e. The fourth-order valence-electron chi connectivity index (χ4n) is 6.62. The Hall–Kier alpha value is -0.630. The van der Waals surface area contributed by atoms with Crippen molar-refractivity contribution in [1.82, 2.24) is 4.90 Å². The van der Waals surface area contributed by atoms with E-state index in [0.717, 1.165) is 32.1 Å². The van der Waals surface area contributed by atoms with Gasteiger partial charge in [-0.15, -0.1) is 0 Å². The van der Waals surface area contributed by atoms with Crippen LogP contribution in [0.1, 0.15) is 58.8 Å². The van der Waals surface area contributed by atoms with Crippen LogP contribution in [0.5, 0.6) is 0 Å². The fraction of sp³-hybridized carbons (Fsp3) is 0.905. The number of rotatable bonds is 6. The fourth-order valence-corrected chi connectivity index (χ4v) is 9.81. The summed E-state index contributed by atoms with van der Waals surface area (Å²) in [5.41, 5.74) is -0.451. The second kappa shape index (κ2) is 7.50. The number of esters is 1. The molecule has 1 amide bonds. The normalized spacial score (nSPS) is 39.7. The van der Waals surface area contributed by atoms with E-state index in [1.54, 1.807) is 4.90 Å². The summed E-state index contributed by atoms with van der Waals surface area (Å²) in [6.07, 6.45) is 6.50. The number of amides is 1. The van der Waals surface area contributed by atoms with Crippen LogP contribution >= 0.6 is 15.9 Å². The standard InChI is InChI=1S/C21H32BrNO5S/c1-14(2)10-23(17-3-4-29(26,27)12-17)18(24)11-28-19(25)20-6-15-5-16(7-20)9-21(22,8-15)13-20/h14-17H,3-13H2,1-2H3. The Bertz CT molecular complexity index is 781. The summed E-state index contributed by atoms with van der Waals surface area (Å²) in [4.78, 5) is 27.7. The summed E-state index contributed by atoms with van der Waals surface area (Å²) in [5.74, 6) is 0.992. The van der Waals surface area contributed by atoms with Crippen molar-refractivity contribution in [3.8, 4) is 0 Å². The number of ether oxygens (including phenoxy) is 1. The van der Waals surface area contributed by atoms with E-state index < -0.39 is 15.3 Å². The van der Waals surface area contributed by atoms with Crippen LogP contribution in [0.3, 0.4) is 0 Å². The smallest absolute Gasteiger partial charge is 0.312 e. The Morgan fingerprint density at radius 1 is 1.17 bits per heavy atom. The third-order valence-corrected chi connectivity index (χ3v) is 9.96. The zero-order chi connectivity index (χ0) is 21.0. The highest BCUT2D eigenvalue weighted by molar-refractivity contribution is 9.10. The zero-order valence-electron chi connectivity index (χ0n) is 17.4. The van der Waals surface area contributed by atoms with Crippen molar-refractivity contribution in [3.63, 3.8) is 0 Å². The molecule has 0 radical (unpaired) electrons. The molecule has 1 saturated heterocycles. The minimum atomic E-state index is -3.09. The summed E-state index contributed by atoms with van der Waals surface area (Å²) in [6.45, 7) is 4.20. The van der Waals surface area contributed by atoms with Gasteiger partial charge in [0.25, 0.3) is 5.91 Å². The number of hydrogen-bond acceptors (Lipinski definition) is 5. The van der Waals surface area contributed by atoms with Crippen LogP contribution < -0.4 is 0 Å². The summed E-state index contributed by atoms with van der Waals surface area (Å²) in [7, 11) is -3.09. The predicted molar refractivity (Wildman–Crippen MR) is 113 cm³/mol. The Morgan fingerprint density at radius 3 is 2.34 bits per heavy atom. The van der Waals surface area contributed by atoms with Crippen LogP contribution in [0.15, 0.2) is 0 Å². The van der Waals surface area contributed by atoms with E-state index >= 15 is 0 Å². The summed E-state index contributed by atoms with van der Waals surface area (Å²) < 4.78 is 29.4. The van der Waals surface area contributed by atoms with Crippen LogP contribution in [0.25, 0.3) is 0 Å². The maximum Gasteiger partial charge on any atom is 0.312 e. The van der Waals surface area contributed by atoms with Gasteiger partial charge in [0, 0.05) is 16.9 Å². The first-order valence-corrected chi connectivity index (χ1v) is 13.5. The van der Waals surface area contributed by atoms with Crippen molar-refractivity contribution >= 4 is 37.6 Å². The van der Waals surface area contributed by atoms with Gasteiger partial charge in [0.2, 0.25) is 0 Å². The van der Waals surface area contributed by atoms with Gasteiger partial charge in [-0.1, -0.05) is 29.8 Å². The molecule has 1 heterocycles. The molecule has 0 aromatic rings. The van der Waals surface area contributed by atoms with E-state index in [2.05, 4.69) is 15.9 Å². The molecule has 4 aliphatic carbocycles. The van der Waals surface area contributed by atoms with Crippen molar-refractivity contribution in [2.24, 2.45) is 23.2 Å². The van der Waals surface area contributed by atoms with Gasteiger partial charge in [-0.2, -0.15) is 0 Å². The molecule has 4 saturated carbocycles. The topological polar surface area (TPSA) is 80.8 Å². The van der Waals surface area contributed by atoms with Crippen molar-refractivity contribution in [2.45, 2.75) is 69.2 Å². The molecule has 1 aliphatic heterocycles. The van der Waals surface area contributed by atoms with Crippen molar-refractivity contribution in [1.29, 1.82) is 0 Å². The molecule has 0 spiro atoms. The molecule has 5 aliphatic rings. The first-order valence-electron chi connectivity index (χ1n) is 10.9. The summed E-state index contributed by atoms with van der Waals surface area (Å²) >= 11 is 3.91. The molecule has 0 aromatic carbocycles. The minimum absolute atomic E-state index is 0.0127. The Balaban J connectivity index is 1.41. The second-order valence-electron chi connectivity index (χ2n) is 10.5. The van der Waals surface area contributed by atoms with Gasteiger partial charge in [0.1, 0.15) is 0 Å². The van der Waals surface area contributed by atoms with Gasteiger partial charge in [-0.3, -0.25) is 9.59 Å². The number of hydrogen-bond donors (Lipinski definition) is 0. The monoisotopic (exact) mass is 489 g/mol. The molecule has 0 aromatic heterocycles. The number of alkyl halides is 1.